The van der Waals surface area contributed by atoms with Gasteiger partial charge >= 0.3 is 0 Å². The maximum absolute atomic E-state index is 8.51. The molecule has 17 heavy (non-hydrogen) atoms. The summed E-state index contributed by atoms with van der Waals surface area (Å²) in [5.74, 6) is 0.750. The normalized spacial score (nSPS) is 13.2. The third kappa shape index (κ3) is 3.71. The van der Waals surface area contributed by atoms with Gasteiger partial charge in [0.2, 0.25) is 0 Å². The predicted octanol–water partition coefficient (Wildman–Crippen LogP) is 2.14. The highest BCUT2D eigenvalue weighted by Crippen LogP contribution is 2.27. The highest BCUT2D eigenvalue weighted by Gasteiger charge is 2.08. The number of anilines is 1. The van der Waals surface area contributed by atoms with Crippen molar-refractivity contribution in [3.8, 4) is 5.75 Å². The van der Waals surface area contributed by atoms with Gasteiger partial charge in [0.15, 0.2) is 0 Å². The van der Waals surface area contributed by atoms with Crippen molar-refractivity contribution in [2.75, 3.05) is 19.0 Å². The van der Waals surface area contributed by atoms with Gasteiger partial charge in [-0.05, 0) is 18.2 Å². The van der Waals surface area contributed by atoms with Crippen LogP contribution in [0.25, 0.3) is 0 Å². The minimum Gasteiger partial charge on any atom is -0.495 e. The molecule has 1 unspecified atom stereocenters. The second-order valence-corrected chi connectivity index (χ2v) is 4.06. The Morgan fingerprint density at radius 2 is 2.35 bits per heavy atom. The summed E-state index contributed by atoms with van der Waals surface area (Å²) < 4.78 is 5.05. The summed E-state index contributed by atoms with van der Waals surface area (Å²) in [6.07, 6.45) is 0. The molecular weight excluding hydrogens is 242 g/mol. The number of hydrogen-bond acceptors (Lipinski definition) is 4. The summed E-state index contributed by atoms with van der Waals surface area (Å²) in [5, 5.41) is 15.1. The molecule has 0 saturated heterocycles. The molecule has 1 rings (SSSR count). The average molecular weight is 258 g/mol. The zero-order valence-corrected chi connectivity index (χ0v) is 10.5. The van der Waals surface area contributed by atoms with Crippen molar-refractivity contribution in [3.63, 3.8) is 0 Å². The van der Waals surface area contributed by atoms with Crippen LogP contribution in [0.3, 0.4) is 0 Å². The molecule has 0 bridgehead atoms. The Morgan fingerprint density at radius 1 is 1.65 bits per heavy atom. The lowest BCUT2D eigenvalue weighted by Crippen LogP contribution is -2.27. The number of oxime groups is 1. The van der Waals surface area contributed by atoms with Crippen molar-refractivity contribution in [2.45, 2.75) is 6.92 Å². The summed E-state index contributed by atoms with van der Waals surface area (Å²) in [6, 6.07) is 5.39. The van der Waals surface area contributed by atoms with E-state index in [0.29, 0.717) is 17.3 Å². The number of amidine groups is 1. The molecule has 0 heterocycles. The van der Waals surface area contributed by atoms with Gasteiger partial charge in [0.05, 0.1) is 12.1 Å². The molecule has 0 aliphatic rings. The average Bonchev–Trinajstić information content (AvgIpc) is 2.35. The molecule has 5 nitrogen and oxygen atoms in total. The van der Waals surface area contributed by atoms with Crippen LogP contribution in [0.1, 0.15) is 6.92 Å². The smallest absolute Gasteiger partial charge is 0.143 e. The Kier molecular flexibility index (Phi) is 4.90. The minimum absolute atomic E-state index is 0.0686. The number of rotatable bonds is 5. The number of benzene rings is 1. The number of nitrogens with two attached hydrogens (primary N) is 1. The maximum Gasteiger partial charge on any atom is 0.143 e. The minimum atomic E-state index is -0.0686. The van der Waals surface area contributed by atoms with Gasteiger partial charge in [0, 0.05) is 18.2 Å². The second kappa shape index (κ2) is 6.20. The Morgan fingerprint density at radius 3 is 2.88 bits per heavy atom. The first kappa shape index (κ1) is 13.4. The number of halogens is 1. The van der Waals surface area contributed by atoms with E-state index in [-0.39, 0.29) is 11.8 Å². The SMILES string of the molecule is COc1ccc(NCC(C)/C(N)=N/O)cc1Cl. The molecule has 6 heteroatoms. The molecule has 0 radical (unpaired) electrons. The molecule has 0 amide bonds. The molecule has 0 spiro atoms. The van der Waals surface area contributed by atoms with Gasteiger partial charge in [-0.15, -0.1) is 0 Å². The van der Waals surface area contributed by atoms with Crippen LogP contribution in [0.5, 0.6) is 5.75 Å². The molecule has 94 valence electrons. The largest absolute Gasteiger partial charge is 0.495 e. The van der Waals surface area contributed by atoms with E-state index >= 15 is 0 Å². The molecule has 0 aliphatic carbocycles. The molecule has 0 aromatic heterocycles. The second-order valence-electron chi connectivity index (χ2n) is 3.66. The van der Waals surface area contributed by atoms with Crippen LogP contribution in [0.2, 0.25) is 5.02 Å². The van der Waals surface area contributed by atoms with Crippen molar-refractivity contribution in [2.24, 2.45) is 16.8 Å². The predicted molar refractivity (Wildman–Crippen MR) is 69.1 cm³/mol. The lowest BCUT2D eigenvalue weighted by Gasteiger charge is -2.13. The van der Waals surface area contributed by atoms with E-state index in [4.69, 9.17) is 27.3 Å². The summed E-state index contributed by atoms with van der Waals surface area (Å²) >= 11 is 5.98. The standard InChI is InChI=1S/C11H16ClN3O2/c1-7(11(13)15-16)6-14-8-3-4-10(17-2)9(12)5-8/h3-5,7,14,16H,6H2,1-2H3,(H2,13,15). The Balaban J connectivity index is 2.61. The maximum atomic E-state index is 8.51. The fourth-order valence-corrected chi connectivity index (χ4v) is 1.51. The van der Waals surface area contributed by atoms with Crippen molar-refractivity contribution in [1.82, 2.24) is 0 Å². The van der Waals surface area contributed by atoms with E-state index in [1.54, 1.807) is 19.2 Å². The Labute approximate surface area is 105 Å². The number of methoxy groups -OCH3 is 1. The lowest BCUT2D eigenvalue weighted by molar-refractivity contribution is 0.315. The number of nitrogens with one attached hydrogen (secondary N) is 1. The molecule has 1 atom stereocenters. The van der Waals surface area contributed by atoms with Crippen molar-refractivity contribution < 1.29 is 9.94 Å². The molecule has 0 fully saturated rings. The first-order valence-corrected chi connectivity index (χ1v) is 5.51. The summed E-state index contributed by atoms with van der Waals surface area (Å²) in [4.78, 5) is 0. The van der Waals surface area contributed by atoms with Gasteiger partial charge < -0.3 is 21.0 Å². The van der Waals surface area contributed by atoms with Crippen LogP contribution in [0.4, 0.5) is 5.69 Å². The van der Waals surface area contributed by atoms with Gasteiger partial charge in [0.1, 0.15) is 11.6 Å². The lowest BCUT2D eigenvalue weighted by atomic mass is 10.1. The van der Waals surface area contributed by atoms with Crippen LogP contribution in [-0.2, 0) is 0 Å². The Hall–Kier alpha value is -1.62. The Bertz CT molecular complexity index is 410. The van der Waals surface area contributed by atoms with Gasteiger partial charge in [-0.25, -0.2) is 0 Å². The van der Waals surface area contributed by atoms with Crippen molar-refractivity contribution >= 4 is 23.1 Å². The quantitative estimate of drug-likeness (QED) is 0.327. The molecule has 0 aliphatic heterocycles. The monoisotopic (exact) mass is 257 g/mol. The van der Waals surface area contributed by atoms with E-state index in [9.17, 15) is 0 Å². The fourth-order valence-electron chi connectivity index (χ4n) is 1.25. The van der Waals surface area contributed by atoms with Gasteiger partial charge in [-0.1, -0.05) is 23.7 Å². The van der Waals surface area contributed by atoms with E-state index in [1.165, 1.54) is 0 Å². The van der Waals surface area contributed by atoms with E-state index in [0.717, 1.165) is 5.69 Å². The first-order chi connectivity index (χ1) is 8.08. The molecule has 1 aromatic rings. The summed E-state index contributed by atoms with van der Waals surface area (Å²) in [6.45, 7) is 2.41. The third-order valence-electron chi connectivity index (χ3n) is 2.38. The highest BCUT2D eigenvalue weighted by atomic mass is 35.5. The number of hydrogen-bond donors (Lipinski definition) is 3. The highest BCUT2D eigenvalue weighted by molar-refractivity contribution is 6.32. The number of ether oxygens (including phenoxy) is 1. The van der Waals surface area contributed by atoms with Crippen LogP contribution >= 0.6 is 11.6 Å². The molecule has 0 saturated carbocycles. The fraction of sp³-hybridized carbons (Fsp3) is 0.364. The number of nitrogens with zero attached hydrogens (tertiary/aromatic N) is 1. The van der Waals surface area contributed by atoms with Crippen molar-refractivity contribution in [1.29, 1.82) is 0 Å². The molecule has 4 N–H and O–H groups in total. The van der Waals surface area contributed by atoms with Crippen LogP contribution < -0.4 is 15.8 Å². The molecule has 1 aromatic carbocycles. The van der Waals surface area contributed by atoms with E-state index < -0.39 is 0 Å². The van der Waals surface area contributed by atoms with E-state index in [2.05, 4.69) is 10.5 Å². The van der Waals surface area contributed by atoms with Gasteiger partial charge in [-0.2, -0.15) is 0 Å². The van der Waals surface area contributed by atoms with Gasteiger partial charge in [0.25, 0.3) is 0 Å². The topological polar surface area (TPSA) is 79.9 Å². The summed E-state index contributed by atoms with van der Waals surface area (Å²) in [5.41, 5.74) is 6.33. The molecular formula is C11H16ClN3O2. The first-order valence-electron chi connectivity index (χ1n) is 5.13. The third-order valence-corrected chi connectivity index (χ3v) is 2.68. The zero-order chi connectivity index (χ0) is 12.8. The van der Waals surface area contributed by atoms with Crippen LogP contribution in [0.15, 0.2) is 23.4 Å². The van der Waals surface area contributed by atoms with Crippen LogP contribution in [0, 0.1) is 5.92 Å². The van der Waals surface area contributed by atoms with Gasteiger partial charge in [-0.3, -0.25) is 0 Å². The van der Waals surface area contributed by atoms with Crippen LogP contribution in [-0.4, -0.2) is 24.7 Å². The summed E-state index contributed by atoms with van der Waals surface area (Å²) in [7, 11) is 1.56. The van der Waals surface area contributed by atoms with E-state index in [1.807, 2.05) is 13.0 Å². The zero-order valence-electron chi connectivity index (χ0n) is 9.77. The van der Waals surface area contributed by atoms with Crippen molar-refractivity contribution in [3.05, 3.63) is 23.2 Å².